The molecule has 1 heterocycles. The molecule has 0 bridgehead atoms. The van der Waals surface area contributed by atoms with Crippen molar-refractivity contribution in [3.63, 3.8) is 0 Å². The second-order valence-corrected chi connectivity index (χ2v) is 4.76. The predicted molar refractivity (Wildman–Crippen MR) is 75.2 cm³/mol. The van der Waals surface area contributed by atoms with Crippen LogP contribution in [0, 0.1) is 0 Å². The van der Waals surface area contributed by atoms with Gasteiger partial charge in [-0.2, -0.15) is 0 Å². The largest absolute Gasteiger partial charge is 0.286 e. The summed E-state index contributed by atoms with van der Waals surface area (Å²) >= 11 is 0. The summed E-state index contributed by atoms with van der Waals surface area (Å²) in [5, 5.41) is 8.51. The van der Waals surface area contributed by atoms with Gasteiger partial charge < -0.3 is 0 Å². The fourth-order valence-corrected chi connectivity index (χ4v) is 2.20. The van der Waals surface area contributed by atoms with E-state index in [-0.39, 0.29) is 0 Å². The predicted octanol–water partition coefficient (Wildman–Crippen LogP) is 2.81. The number of hydrogen-bond donors (Lipinski definition) is 0. The van der Waals surface area contributed by atoms with Crippen LogP contribution in [0.3, 0.4) is 0 Å². The molecule has 4 nitrogen and oxygen atoms in total. The maximum absolute atomic E-state index is 4.59. The zero-order chi connectivity index (χ0) is 13.2. The Kier molecular flexibility index (Phi) is 3.07. The lowest BCUT2D eigenvalue weighted by atomic mass is 10.1. The van der Waals surface area contributed by atoms with Gasteiger partial charge in [0.05, 0.1) is 5.69 Å². The molecule has 0 saturated carbocycles. The van der Waals surface area contributed by atoms with Gasteiger partial charge in [0.2, 0.25) is 0 Å². The van der Waals surface area contributed by atoms with Gasteiger partial charge in [0.25, 0.3) is 0 Å². The Hall–Kier alpha value is -2.10. The number of aliphatic imine (C=N–C) groups is 1. The Bertz CT molecular complexity index is 646. The molecule has 1 aromatic carbocycles. The lowest BCUT2D eigenvalue weighted by molar-refractivity contribution is 0.815. The molecule has 0 radical (unpaired) electrons. The molecule has 3 rings (SSSR count). The Morgan fingerprint density at radius 2 is 2.11 bits per heavy atom. The van der Waals surface area contributed by atoms with Crippen LogP contribution >= 0.6 is 0 Å². The van der Waals surface area contributed by atoms with Crippen LogP contribution in [-0.4, -0.2) is 20.9 Å². The summed E-state index contributed by atoms with van der Waals surface area (Å²) in [5.74, 6) is 0.708. The van der Waals surface area contributed by atoms with Gasteiger partial charge in [-0.05, 0) is 18.9 Å². The van der Waals surface area contributed by atoms with Crippen LogP contribution in [0.1, 0.15) is 37.4 Å². The Morgan fingerprint density at radius 1 is 1.26 bits per heavy atom. The SMILES string of the molecule is CCC(C)=NCc1nnc2c(n1)Cc1ccccc1-2. The zero-order valence-corrected chi connectivity index (χ0v) is 11.2. The van der Waals surface area contributed by atoms with Gasteiger partial charge in [0.1, 0.15) is 12.2 Å². The molecule has 0 spiro atoms. The number of nitrogens with zero attached hydrogens (tertiary/aromatic N) is 4. The molecule has 19 heavy (non-hydrogen) atoms. The first-order chi connectivity index (χ1) is 9.28. The van der Waals surface area contributed by atoms with E-state index in [1.165, 1.54) is 5.56 Å². The molecule has 0 N–H and O–H groups in total. The lowest BCUT2D eigenvalue weighted by Gasteiger charge is -2.00. The van der Waals surface area contributed by atoms with Crippen molar-refractivity contribution in [3.05, 3.63) is 41.3 Å². The van der Waals surface area contributed by atoms with E-state index in [2.05, 4.69) is 39.2 Å². The van der Waals surface area contributed by atoms with Gasteiger partial charge in [-0.25, -0.2) is 4.98 Å². The molecule has 1 aliphatic carbocycles. The van der Waals surface area contributed by atoms with E-state index in [1.807, 2.05) is 19.1 Å². The molecule has 1 aromatic heterocycles. The van der Waals surface area contributed by atoms with Crippen LogP contribution in [0.25, 0.3) is 11.3 Å². The van der Waals surface area contributed by atoms with E-state index in [4.69, 9.17) is 0 Å². The van der Waals surface area contributed by atoms with Crippen molar-refractivity contribution in [1.29, 1.82) is 0 Å². The van der Waals surface area contributed by atoms with Crippen LogP contribution < -0.4 is 0 Å². The third kappa shape index (κ3) is 2.26. The third-order valence-electron chi connectivity index (χ3n) is 3.44. The first-order valence-corrected chi connectivity index (χ1v) is 6.58. The second-order valence-electron chi connectivity index (χ2n) is 4.76. The van der Waals surface area contributed by atoms with Gasteiger partial charge in [-0.1, -0.05) is 31.2 Å². The minimum absolute atomic E-state index is 0.524. The first-order valence-electron chi connectivity index (χ1n) is 6.58. The van der Waals surface area contributed by atoms with Gasteiger partial charge in [-0.15, -0.1) is 10.2 Å². The monoisotopic (exact) mass is 252 g/mol. The summed E-state index contributed by atoms with van der Waals surface area (Å²) in [6.45, 7) is 4.64. The van der Waals surface area contributed by atoms with Gasteiger partial charge >= 0.3 is 0 Å². The van der Waals surface area contributed by atoms with Gasteiger partial charge in [-0.3, -0.25) is 4.99 Å². The highest BCUT2D eigenvalue weighted by Crippen LogP contribution is 2.32. The number of rotatable bonds is 3. The molecule has 96 valence electrons. The van der Waals surface area contributed by atoms with Crippen LogP contribution in [-0.2, 0) is 13.0 Å². The third-order valence-corrected chi connectivity index (χ3v) is 3.44. The molecule has 0 saturated heterocycles. The standard InChI is InChI=1S/C15H16N4/c1-3-10(2)16-9-14-17-13-8-11-6-4-5-7-12(11)15(13)19-18-14/h4-7H,3,8-9H2,1-2H3. The van der Waals surface area contributed by atoms with E-state index in [0.29, 0.717) is 12.4 Å². The smallest absolute Gasteiger partial charge is 0.172 e. The molecule has 2 aromatic rings. The van der Waals surface area contributed by atoms with Crippen LogP contribution in [0.4, 0.5) is 0 Å². The number of hydrogen-bond acceptors (Lipinski definition) is 4. The highest BCUT2D eigenvalue weighted by atomic mass is 15.2. The van der Waals surface area contributed by atoms with Crippen LogP contribution in [0.2, 0.25) is 0 Å². The zero-order valence-electron chi connectivity index (χ0n) is 11.2. The van der Waals surface area contributed by atoms with Crippen molar-refractivity contribution in [3.8, 4) is 11.3 Å². The normalized spacial score (nSPS) is 13.3. The van der Waals surface area contributed by atoms with Crippen LogP contribution in [0.15, 0.2) is 29.3 Å². The van der Waals surface area contributed by atoms with Gasteiger partial charge in [0, 0.05) is 17.7 Å². The summed E-state index contributed by atoms with van der Waals surface area (Å²) in [6, 6.07) is 8.28. The number of fused-ring (bicyclic) bond motifs is 3. The molecule has 0 fully saturated rings. The van der Waals surface area contributed by atoms with Crippen molar-refractivity contribution >= 4 is 5.71 Å². The molecule has 0 atom stereocenters. The summed E-state index contributed by atoms with van der Waals surface area (Å²) < 4.78 is 0. The Labute approximate surface area is 112 Å². The highest BCUT2D eigenvalue weighted by Gasteiger charge is 2.21. The Morgan fingerprint density at radius 3 is 2.95 bits per heavy atom. The number of aromatic nitrogens is 3. The van der Waals surface area contributed by atoms with E-state index < -0.39 is 0 Å². The topological polar surface area (TPSA) is 51.0 Å². The van der Waals surface area contributed by atoms with Crippen molar-refractivity contribution < 1.29 is 0 Å². The molecule has 4 heteroatoms. The summed E-state index contributed by atoms with van der Waals surface area (Å²) in [7, 11) is 0. The van der Waals surface area contributed by atoms with E-state index in [0.717, 1.165) is 35.5 Å². The summed E-state index contributed by atoms with van der Waals surface area (Å²) in [4.78, 5) is 9.03. The first kappa shape index (κ1) is 12.0. The van der Waals surface area contributed by atoms with Crippen molar-refractivity contribution in [1.82, 2.24) is 15.2 Å². The molecule has 0 amide bonds. The maximum atomic E-state index is 4.59. The summed E-state index contributed by atoms with van der Waals surface area (Å²) in [6.07, 6.45) is 1.81. The fraction of sp³-hybridized carbons (Fsp3) is 0.333. The molecule has 1 aliphatic rings. The highest BCUT2D eigenvalue weighted by molar-refractivity contribution is 5.81. The molecular weight excluding hydrogens is 236 g/mol. The van der Waals surface area contributed by atoms with Crippen LogP contribution in [0.5, 0.6) is 0 Å². The van der Waals surface area contributed by atoms with E-state index in [1.54, 1.807) is 0 Å². The minimum Gasteiger partial charge on any atom is -0.286 e. The minimum atomic E-state index is 0.524. The van der Waals surface area contributed by atoms with Gasteiger partial charge in [0.15, 0.2) is 5.82 Å². The quantitative estimate of drug-likeness (QED) is 0.673. The van der Waals surface area contributed by atoms with Crippen molar-refractivity contribution in [2.45, 2.75) is 33.2 Å². The molecule has 0 unspecified atom stereocenters. The second kappa shape index (κ2) is 4.88. The fourth-order valence-electron chi connectivity index (χ4n) is 2.20. The molecular formula is C15H16N4. The van der Waals surface area contributed by atoms with E-state index in [9.17, 15) is 0 Å². The van der Waals surface area contributed by atoms with Crippen molar-refractivity contribution in [2.24, 2.45) is 4.99 Å². The lowest BCUT2D eigenvalue weighted by Crippen LogP contribution is -2.02. The Balaban J connectivity index is 1.89. The maximum Gasteiger partial charge on any atom is 0.172 e. The summed E-state index contributed by atoms with van der Waals surface area (Å²) in [5.41, 5.74) is 5.51. The van der Waals surface area contributed by atoms with Crippen molar-refractivity contribution in [2.75, 3.05) is 0 Å². The number of benzene rings is 1. The molecule has 0 aliphatic heterocycles. The average Bonchev–Trinajstić information content (AvgIpc) is 2.82. The average molecular weight is 252 g/mol. The van der Waals surface area contributed by atoms with E-state index >= 15 is 0 Å².